The Kier molecular flexibility index (Phi) is 7.47. The Hall–Kier alpha value is -5.90. The number of fused-ring (bicyclic) bond motifs is 4. The number of ether oxygens (including phenoxy) is 1. The Morgan fingerprint density at radius 1 is 0.880 bits per heavy atom. The highest BCUT2D eigenvalue weighted by Crippen LogP contribution is 2.55. The fourth-order valence-electron chi connectivity index (χ4n) is 8.05. The first-order chi connectivity index (χ1) is 24.1. The summed E-state index contributed by atoms with van der Waals surface area (Å²) in [5.41, 5.74) is 6.30. The predicted octanol–water partition coefficient (Wildman–Crippen LogP) is 6.86. The minimum Gasteiger partial charge on any atom is -0.508 e. The lowest BCUT2D eigenvalue weighted by Gasteiger charge is -2.43. The number of anilines is 2. The van der Waals surface area contributed by atoms with Gasteiger partial charge in [0.15, 0.2) is 11.6 Å². The second-order valence-electron chi connectivity index (χ2n) is 13.6. The molecule has 1 N–H and O–H groups in total. The van der Waals surface area contributed by atoms with Crippen LogP contribution in [0.4, 0.5) is 22.7 Å². The number of hydrogen-bond acceptors (Lipinski definition) is 9. The predicted molar refractivity (Wildman–Crippen MR) is 186 cm³/mol. The van der Waals surface area contributed by atoms with Gasteiger partial charge in [-0.05, 0) is 104 Å². The zero-order valence-corrected chi connectivity index (χ0v) is 27.8. The van der Waals surface area contributed by atoms with Crippen molar-refractivity contribution in [2.45, 2.75) is 26.2 Å². The van der Waals surface area contributed by atoms with Gasteiger partial charge in [0.1, 0.15) is 11.5 Å². The number of hydrogen-bond donors (Lipinski definition) is 1. The molecule has 8 rings (SSSR count). The number of carbonyl (C=O) groups is 4. The summed E-state index contributed by atoms with van der Waals surface area (Å²) in [4.78, 5) is 58.8. The van der Waals surface area contributed by atoms with Crippen molar-refractivity contribution < 1.29 is 29.0 Å². The van der Waals surface area contributed by atoms with Crippen LogP contribution in [0.1, 0.15) is 25.3 Å². The third-order valence-electron chi connectivity index (χ3n) is 10.5. The van der Waals surface area contributed by atoms with Crippen LogP contribution < -0.4 is 14.5 Å². The van der Waals surface area contributed by atoms with Crippen LogP contribution in [0, 0.1) is 23.7 Å². The molecular weight excluding hydrogens is 632 g/mol. The fourth-order valence-corrected chi connectivity index (χ4v) is 8.05. The van der Waals surface area contributed by atoms with Crippen molar-refractivity contribution in [3.05, 3.63) is 119 Å². The Bertz CT molecular complexity index is 2160. The maximum Gasteiger partial charge on any atom is 0.238 e. The largest absolute Gasteiger partial charge is 0.508 e. The van der Waals surface area contributed by atoms with Crippen LogP contribution in [-0.2, 0) is 25.6 Å². The highest BCUT2D eigenvalue weighted by atomic mass is 16.5. The van der Waals surface area contributed by atoms with Crippen molar-refractivity contribution in [3.63, 3.8) is 0 Å². The van der Waals surface area contributed by atoms with Gasteiger partial charge in [-0.3, -0.25) is 24.1 Å². The average Bonchev–Trinajstić information content (AvgIpc) is 3.37. The highest BCUT2D eigenvalue weighted by molar-refractivity contribution is 6.24. The van der Waals surface area contributed by atoms with E-state index in [0.29, 0.717) is 52.4 Å². The van der Waals surface area contributed by atoms with E-state index >= 15 is 0 Å². The Morgan fingerprint density at radius 2 is 1.58 bits per heavy atom. The Labute approximate surface area is 288 Å². The maximum absolute atomic E-state index is 14.3. The molecule has 10 heteroatoms. The summed E-state index contributed by atoms with van der Waals surface area (Å²) in [7, 11) is 3.93. The number of phenolic OH excluding ortho intramolecular Hbond substituents is 1. The molecule has 4 atom stereocenters. The second kappa shape index (κ2) is 11.9. The van der Waals surface area contributed by atoms with Crippen molar-refractivity contribution in [3.8, 4) is 11.5 Å². The van der Waals surface area contributed by atoms with E-state index in [2.05, 4.69) is 10.2 Å². The van der Waals surface area contributed by atoms with E-state index in [4.69, 9.17) is 4.74 Å². The molecular formula is C40H34N4O6. The summed E-state index contributed by atoms with van der Waals surface area (Å²) < 4.78 is 5.97. The first-order valence-electron chi connectivity index (χ1n) is 16.6. The van der Waals surface area contributed by atoms with Crippen LogP contribution in [-0.4, -0.2) is 42.6 Å². The maximum atomic E-state index is 14.3. The van der Waals surface area contributed by atoms with Gasteiger partial charge in [-0.25, -0.2) is 0 Å². The second-order valence-corrected chi connectivity index (χ2v) is 13.6. The number of carbonyl (C=O) groups excluding carboxylic acids is 4. The summed E-state index contributed by atoms with van der Waals surface area (Å²) in [5, 5.41) is 18.8. The lowest BCUT2D eigenvalue weighted by molar-refractivity contribution is -0.123. The molecule has 10 nitrogen and oxygen atoms in total. The molecule has 0 radical (unpaired) electrons. The van der Waals surface area contributed by atoms with Crippen LogP contribution in [0.15, 0.2) is 123 Å². The molecule has 0 spiro atoms. The van der Waals surface area contributed by atoms with Crippen molar-refractivity contribution in [2.24, 2.45) is 33.9 Å². The van der Waals surface area contributed by atoms with Crippen LogP contribution in [0.5, 0.6) is 11.5 Å². The molecule has 3 aromatic carbocycles. The van der Waals surface area contributed by atoms with E-state index < -0.39 is 23.7 Å². The molecule has 2 aliphatic heterocycles. The standard InChI is InChI=1S/C40H34N4O6/c1-21-16-33(46)37-32(38(21)47)19-31-29(35(37)23-17-22-18-28(45)12-15-34(22)50-20-23)13-14-30-36(31)40(49)44(39(30)48)27-10-6-25(7-11-27)42-41-24-4-8-26(9-5-24)43(2)3/h4-13,15-16,18,20,30-31,35-36,45H,14,17,19H2,1-3H3. The SMILES string of the molecule is CC1=CC(=O)C2=C(CC3C(=CCC4C(=O)N(c5ccc(N=Nc6ccc(N(C)C)cc6)cc5)C(=O)C43)C2C2=COc3ccc(O)cc3C2)C1=O. The smallest absolute Gasteiger partial charge is 0.238 e. The summed E-state index contributed by atoms with van der Waals surface area (Å²) in [6.45, 7) is 1.63. The minimum atomic E-state index is -0.695. The van der Waals surface area contributed by atoms with Gasteiger partial charge in [-0.1, -0.05) is 11.6 Å². The normalized spacial score (nSPS) is 24.2. The van der Waals surface area contributed by atoms with Gasteiger partial charge in [0.25, 0.3) is 0 Å². The van der Waals surface area contributed by atoms with Gasteiger partial charge < -0.3 is 14.7 Å². The summed E-state index contributed by atoms with van der Waals surface area (Å²) in [6.07, 6.45) is 5.92. The first-order valence-corrected chi connectivity index (χ1v) is 16.6. The molecule has 0 bridgehead atoms. The van der Waals surface area contributed by atoms with Crippen LogP contribution in [0.3, 0.4) is 0 Å². The molecule has 250 valence electrons. The van der Waals surface area contributed by atoms with Gasteiger partial charge in [0.05, 0.1) is 35.2 Å². The molecule has 3 aromatic rings. The molecule has 1 saturated heterocycles. The van der Waals surface area contributed by atoms with E-state index in [1.165, 1.54) is 11.0 Å². The fraction of sp³-hybridized carbons (Fsp3) is 0.250. The quantitative estimate of drug-likeness (QED) is 0.136. The molecule has 50 heavy (non-hydrogen) atoms. The third-order valence-corrected chi connectivity index (χ3v) is 10.5. The van der Waals surface area contributed by atoms with E-state index in [0.717, 1.165) is 22.4 Å². The molecule has 0 saturated carbocycles. The van der Waals surface area contributed by atoms with Crippen LogP contribution in [0.2, 0.25) is 0 Å². The van der Waals surface area contributed by atoms with E-state index in [1.807, 2.05) is 49.3 Å². The number of nitrogens with zero attached hydrogens (tertiary/aromatic N) is 4. The number of ketones is 2. The summed E-state index contributed by atoms with van der Waals surface area (Å²) in [5.74, 6) is -2.69. The number of amides is 2. The zero-order chi connectivity index (χ0) is 34.8. The Morgan fingerprint density at radius 3 is 2.28 bits per heavy atom. The van der Waals surface area contributed by atoms with Gasteiger partial charge in [0.2, 0.25) is 11.8 Å². The van der Waals surface area contributed by atoms with Crippen molar-refractivity contribution in [1.29, 1.82) is 0 Å². The van der Waals surface area contributed by atoms with Gasteiger partial charge >= 0.3 is 0 Å². The number of azo groups is 1. The number of allylic oxidation sites excluding steroid dienone is 7. The van der Waals surface area contributed by atoms with Crippen LogP contribution >= 0.6 is 0 Å². The lowest BCUT2D eigenvalue weighted by Crippen LogP contribution is -2.41. The first kappa shape index (κ1) is 31.4. The highest BCUT2D eigenvalue weighted by Gasteiger charge is 2.57. The number of benzene rings is 3. The monoisotopic (exact) mass is 666 g/mol. The summed E-state index contributed by atoms with van der Waals surface area (Å²) in [6, 6.07) is 19.4. The van der Waals surface area contributed by atoms with Crippen LogP contribution in [0.25, 0.3) is 0 Å². The van der Waals surface area contributed by atoms with Gasteiger partial charge in [-0.2, -0.15) is 10.2 Å². The molecule has 0 aromatic heterocycles. The third kappa shape index (κ3) is 5.10. The Balaban J connectivity index is 1.09. The van der Waals surface area contributed by atoms with Gasteiger partial charge in [0, 0.05) is 54.4 Å². The molecule has 3 aliphatic carbocycles. The molecule has 2 heterocycles. The van der Waals surface area contributed by atoms with Crippen molar-refractivity contribution >= 4 is 46.1 Å². The number of aromatic hydroxyl groups is 1. The topological polar surface area (TPSA) is 129 Å². The number of phenols is 1. The molecule has 2 amide bonds. The molecule has 1 fully saturated rings. The van der Waals surface area contributed by atoms with E-state index in [-0.39, 0.29) is 35.6 Å². The summed E-state index contributed by atoms with van der Waals surface area (Å²) >= 11 is 0. The van der Waals surface area contributed by atoms with E-state index in [1.54, 1.807) is 55.7 Å². The van der Waals surface area contributed by atoms with Crippen molar-refractivity contribution in [2.75, 3.05) is 23.9 Å². The zero-order valence-electron chi connectivity index (χ0n) is 27.8. The van der Waals surface area contributed by atoms with E-state index in [9.17, 15) is 24.3 Å². The number of rotatable bonds is 5. The molecule has 5 aliphatic rings. The average molecular weight is 667 g/mol. The molecule has 4 unspecified atom stereocenters. The van der Waals surface area contributed by atoms with Gasteiger partial charge in [-0.15, -0.1) is 0 Å². The lowest BCUT2D eigenvalue weighted by atomic mass is 9.58. The number of imide groups is 1. The number of Topliss-reactive ketones (excluding diaryl/α,β-unsaturated/α-hetero) is 1. The minimum absolute atomic E-state index is 0.0957. The van der Waals surface area contributed by atoms with Crippen molar-refractivity contribution in [1.82, 2.24) is 0 Å².